The molecule has 0 spiro atoms. The largest absolute Gasteiger partial charge is 0.374 e. The van der Waals surface area contributed by atoms with E-state index in [2.05, 4.69) is 22.9 Å². The Hall–Kier alpha value is 0.440. The van der Waals surface area contributed by atoms with Crippen molar-refractivity contribution in [3.63, 3.8) is 0 Å². The zero-order valence-corrected chi connectivity index (χ0v) is 11.4. The maximum absolute atomic E-state index is 6.17. The van der Waals surface area contributed by atoms with Gasteiger partial charge in [-0.25, -0.2) is 0 Å². The lowest BCUT2D eigenvalue weighted by atomic mass is 9.80. The van der Waals surface area contributed by atoms with E-state index < -0.39 is 0 Å². The average Bonchev–Trinajstić information content (AvgIpc) is 3.06. The Kier molecular flexibility index (Phi) is 4.11. The molecule has 0 bridgehead atoms. The lowest BCUT2D eigenvalue weighted by Gasteiger charge is -2.38. The molecule has 2 aliphatic rings. The normalized spacial score (nSPS) is 36.8. The van der Waals surface area contributed by atoms with Gasteiger partial charge in [-0.2, -0.15) is 0 Å². The van der Waals surface area contributed by atoms with Crippen molar-refractivity contribution in [2.75, 3.05) is 11.9 Å². The Balaban J connectivity index is 1.73. The van der Waals surface area contributed by atoms with Gasteiger partial charge in [0.2, 0.25) is 0 Å². The molecule has 1 nitrogen and oxygen atoms in total. The summed E-state index contributed by atoms with van der Waals surface area (Å²) >= 11 is 3.65. The fourth-order valence-electron chi connectivity index (χ4n) is 2.45. The van der Waals surface area contributed by atoms with Crippen LogP contribution in [0.25, 0.3) is 0 Å². The van der Waals surface area contributed by atoms with Gasteiger partial charge in [-0.1, -0.05) is 35.7 Å². The molecule has 0 aromatic carbocycles. The van der Waals surface area contributed by atoms with E-state index in [4.69, 9.17) is 4.74 Å². The zero-order chi connectivity index (χ0) is 10.7. The van der Waals surface area contributed by atoms with Crippen LogP contribution in [0.5, 0.6) is 0 Å². The summed E-state index contributed by atoms with van der Waals surface area (Å²) in [6.07, 6.45) is 9.38. The molecule has 0 radical (unpaired) electrons. The van der Waals surface area contributed by atoms with Crippen LogP contribution in [0.1, 0.15) is 51.9 Å². The van der Waals surface area contributed by atoms with Crippen LogP contribution in [0.3, 0.4) is 0 Å². The van der Waals surface area contributed by atoms with Gasteiger partial charge >= 0.3 is 0 Å². The summed E-state index contributed by atoms with van der Waals surface area (Å²) in [5.41, 5.74) is 0.182. The molecule has 2 saturated carbocycles. The first-order valence-electron chi connectivity index (χ1n) is 6.44. The number of ether oxygens (including phenoxy) is 1. The van der Waals surface area contributed by atoms with Gasteiger partial charge in [-0.15, -0.1) is 0 Å². The van der Waals surface area contributed by atoms with E-state index in [1.165, 1.54) is 44.9 Å². The highest BCUT2D eigenvalue weighted by Crippen LogP contribution is 2.37. The molecule has 2 fully saturated rings. The fourth-order valence-corrected chi connectivity index (χ4v) is 3.18. The Bertz CT molecular complexity index is 193. The quantitative estimate of drug-likeness (QED) is 0.685. The Morgan fingerprint density at radius 2 is 1.87 bits per heavy atom. The molecule has 2 heteroatoms. The van der Waals surface area contributed by atoms with Crippen molar-refractivity contribution in [1.29, 1.82) is 0 Å². The number of hydrogen-bond donors (Lipinski definition) is 0. The van der Waals surface area contributed by atoms with E-state index in [1.807, 2.05) is 0 Å². The van der Waals surface area contributed by atoms with Crippen LogP contribution in [0, 0.1) is 11.8 Å². The second-order valence-corrected chi connectivity index (χ2v) is 6.14. The standard InChI is InChI=1S/C13H23BrO/c1-11-4-7-13(10-14,8-5-11)15-9-6-12-2-3-12/h11-12H,2-10H2,1H3. The molecule has 2 aliphatic carbocycles. The third kappa shape index (κ3) is 3.45. The summed E-state index contributed by atoms with van der Waals surface area (Å²) in [7, 11) is 0. The predicted molar refractivity (Wildman–Crippen MR) is 67.5 cm³/mol. The van der Waals surface area contributed by atoms with E-state index in [1.54, 1.807) is 0 Å². The van der Waals surface area contributed by atoms with Gasteiger partial charge in [0.15, 0.2) is 0 Å². The molecule has 88 valence electrons. The lowest BCUT2D eigenvalue weighted by molar-refractivity contribution is -0.0606. The van der Waals surface area contributed by atoms with Crippen LogP contribution in [-0.4, -0.2) is 17.5 Å². The van der Waals surface area contributed by atoms with E-state index in [0.29, 0.717) is 0 Å². The third-order valence-corrected chi connectivity index (χ3v) is 5.08. The second-order valence-electron chi connectivity index (χ2n) is 5.58. The number of hydrogen-bond acceptors (Lipinski definition) is 1. The summed E-state index contributed by atoms with van der Waals surface area (Å²) in [4.78, 5) is 0. The summed E-state index contributed by atoms with van der Waals surface area (Å²) in [5, 5.41) is 1.03. The van der Waals surface area contributed by atoms with Crippen LogP contribution in [0.15, 0.2) is 0 Å². The highest BCUT2D eigenvalue weighted by atomic mass is 79.9. The fraction of sp³-hybridized carbons (Fsp3) is 1.00. The molecule has 0 unspecified atom stereocenters. The Labute approximate surface area is 102 Å². The van der Waals surface area contributed by atoms with Crippen molar-refractivity contribution in [1.82, 2.24) is 0 Å². The van der Waals surface area contributed by atoms with Crippen molar-refractivity contribution in [3.05, 3.63) is 0 Å². The third-order valence-electron chi connectivity index (χ3n) is 4.06. The van der Waals surface area contributed by atoms with Gasteiger partial charge in [0, 0.05) is 11.9 Å². The van der Waals surface area contributed by atoms with E-state index in [-0.39, 0.29) is 5.60 Å². The SMILES string of the molecule is CC1CCC(CBr)(OCCC2CC2)CC1. The van der Waals surface area contributed by atoms with Gasteiger partial charge in [0.1, 0.15) is 0 Å². The number of alkyl halides is 1. The molecule has 0 saturated heterocycles. The molecular weight excluding hydrogens is 252 g/mol. The van der Waals surface area contributed by atoms with Crippen molar-refractivity contribution in [3.8, 4) is 0 Å². The first-order valence-corrected chi connectivity index (χ1v) is 7.56. The monoisotopic (exact) mass is 274 g/mol. The van der Waals surface area contributed by atoms with Crippen molar-refractivity contribution >= 4 is 15.9 Å². The van der Waals surface area contributed by atoms with Gasteiger partial charge in [0.05, 0.1) is 5.60 Å². The topological polar surface area (TPSA) is 9.23 Å². The molecule has 15 heavy (non-hydrogen) atoms. The number of rotatable bonds is 5. The first-order chi connectivity index (χ1) is 7.24. The van der Waals surface area contributed by atoms with Gasteiger partial charge < -0.3 is 4.74 Å². The van der Waals surface area contributed by atoms with Crippen molar-refractivity contribution in [2.24, 2.45) is 11.8 Å². The molecule has 0 N–H and O–H groups in total. The number of halogens is 1. The van der Waals surface area contributed by atoms with Crippen LogP contribution >= 0.6 is 15.9 Å². The van der Waals surface area contributed by atoms with Gasteiger partial charge in [-0.05, 0) is 43.9 Å². The summed E-state index contributed by atoms with van der Waals surface area (Å²) in [6, 6.07) is 0. The predicted octanol–water partition coefficient (Wildman–Crippen LogP) is 4.15. The minimum atomic E-state index is 0.182. The van der Waals surface area contributed by atoms with E-state index >= 15 is 0 Å². The first kappa shape index (κ1) is 11.9. The molecule has 0 aromatic heterocycles. The highest BCUT2D eigenvalue weighted by Gasteiger charge is 2.34. The van der Waals surface area contributed by atoms with Crippen LogP contribution in [-0.2, 0) is 4.74 Å². The maximum Gasteiger partial charge on any atom is 0.0779 e. The lowest BCUT2D eigenvalue weighted by Crippen LogP contribution is -2.38. The molecule has 2 rings (SSSR count). The minimum absolute atomic E-state index is 0.182. The van der Waals surface area contributed by atoms with E-state index in [9.17, 15) is 0 Å². The molecule has 0 heterocycles. The van der Waals surface area contributed by atoms with Gasteiger partial charge in [0.25, 0.3) is 0 Å². The smallest absolute Gasteiger partial charge is 0.0779 e. The van der Waals surface area contributed by atoms with Crippen LogP contribution in [0.4, 0.5) is 0 Å². The van der Waals surface area contributed by atoms with Crippen molar-refractivity contribution in [2.45, 2.75) is 57.5 Å². The van der Waals surface area contributed by atoms with Crippen molar-refractivity contribution < 1.29 is 4.74 Å². The molecule has 0 aliphatic heterocycles. The summed E-state index contributed by atoms with van der Waals surface area (Å²) in [5.74, 6) is 1.91. The highest BCUT2D eigenvalue weighted by molar-refractivity contribution is 9.09. The van der Waals surface area contributed by atoms with Gasteiger partial charge in [-0.3, -0.25) is 0 Å². The van der Waals surface area contributed by atoms with Crippen LogP contribution in [0.2, 0.25) is 0 Å². The molecule has 0 amide bonds. The Morgan fingerprint density at radius 3 is 2.40 bits per heavy atom. The minimum Gasteiger partial charge on any atom is -0.374 e. The summed E-state index contributed by atoms with van der Waals surface area (Å²) < 4.78 is 6.17. The zero-order valence-electron chi connectivity index (χ0n) is 9.80. The second kappa shape index (κ2) is 5.18. The average molecular weight is 275 g/mol. The van der Waals surface area contributed by atoms with E-state index in [0.717, 1.165) is 23.8 Å². The molecule has 0 aromatic rings. The van der Waals surface area contributed by atoms with Crippen LogP contribution < -0.4 is 0 Å². The molecule has 0 atom stereocenters. The molecular formula is C13H23BrO. The maximum atomic E-state index is 6.17. The summed E-state index contributed by atoms with van der Waals surface area (Å²) in [6.45, 7) is 3.35. The Morgan fingerprint density at radius 1 is 1.20 bits per heavy atom.